The third-order valence-corrected chi connectivity index (χ3v) is 5.20. The van der Waals surface area contributed by atoms with Gasteiger partial charge in [0.25, 0.3) is 10.0 Å². The summed E-state index contributed by atoms with van der Waals surface area (Å²) >= 11 is 0. The van der Waals surface area contributed by atoms with Gasteiger partial charge in [-0.1, -0.05) is 0 Å². The summed E-state index contributed by atoms with van der Waals surface area (Å²) in [6, 6.07) is 6.86. The number of pyridine rings is 1. The van der Waals surface area contributed by atoms with Gasteiger partial charge in [0.2, 0.25) is 0 Å². The van der Waals surface area contributed by atoms with Gasteiger partial charge in [0, 0.05) is 29.8 Å². The fourth-order valence-electron chi connectivity index (χ4n) is 2.62. The number of rotatable bonds is 4. The lowest BCUT2D eigenvalue weighted by atomic mass is 10.2. The van der Waals surface area contributed by atoms with Crippen LogP contribution in [0, 0.1) is 6.92 Å². The first-order valence-corrected chi connectivity index (χ1v) is 9.67. The van der Waals surface area contributed by atoms with E-state index in [9.17, 15) is 21.6 Å². The van der Waals surface area contributed by atoms with E-state index in [1.54, 1.807) is 19.2 Å². The van der Waals surface area contributed by atoms with Crippen LogP contribution in [0.5, 0.6) is 0 Å². The van der Waals surface area contributed by atoms with Crippen LogP contribution in [0.3, 0.4) is 0 Å². The number of hydrogen-bond donors (Lipinski definition) is 1. The normalized spacial score (nSPS) is 12.9. The molecule has 0 aliphatic carbocycles. The zero-order valence-corrected chi connectivity index (χ0v) is 16.2. The number of benzene rings is 1. The van der Waals surface area contributed by atoms with Gasteiger partial charge in [0.05, 0.1) is 4.90 Å². The zero-order valence-electron chi connectivity index (χ0n) is 15.3. The molecule has 0 spiro atoms. The van der Waals surface area contributed by atoms with Crippen LogP contribution in [0.25, 0.3) is 17.1 Å². The van der Waals surface area contributed by atoms with Gasteiger partial charge in [-0.3, -0.25) is 9.55 Å². The third-order valence-electron chi connectivity index (χ3n) is 3.81. The molecule has 0 saturated heterocycles. The van der Waals surface area contributed by atoms with Gasteiger partial charge in [0.15, 0.2) is 5.69 Å². The first-order valence-electron chi connectivity index (χ1n) is 8.23. The van der Waals surface area contributed by atoms with Gasteiger partial charge in [-0.05, 0) is 49.7 Å². The highest BCUT2D eigenvalue weighted by atomic mass is 32.2. The number of nitrogens with zero attached hydrogens (tertiary/aromatic N) is 4. The van der Waals surface area contributed by atoms with Gasteiger partial charge in [-0.2, -0.15) is 21.6 Å². The number of hydrogen-bond acceptors (Lipinski definition) is 4. The molecule has 0 radical (unpaired) electrons. The summed E-state index contributed by atoms with van der Waals surface area (Å²) in [7, 11) is -4.00. The topological polar surface area (TPSA) is 103 Å². The summed E-state index contributed by atoms with van der Waals surface area (Å²) in [5, 5.41) is 0. The predicted molar refractivity (Wildman–Crippen MR) is 101 cm³/mol. The van der Waals surface area contributed by atoms with Crippen molar-refractivity contribution < 1.29 is 21.6 Å². The molecule has 29 heavy (non-hydrogen) atoms. The van der Waals surface area contributed by atoms with Crippen molar-refractivity contribution in [3.63, 3.8) is 0 Å². The minimum Gasteiger partial charge on any atom is -0.387 e. The maximum Gasteiger partial charge on any atom is 0.434 e. The van der Waals surface area contributed by atoms with Gasteiger partial charge in [-0.15, -0.1) is 4.40 Å². The lowest BCUT2D eigenvalue weighted by Gasteiger charge is -2.09. The van der Waals surface area contributed by atoms with E-state index in [1.807, 2.05) is 0 Å². The maximum absolute atomic E-state index is 13.2. The minimum absolute atomic E-state index is 0.0277. The second-order valence-electron chi connectivity index (χ2n) is 6.27. The van der Waals surface area contributed by atoms with Gasteiger partial charge in [0.1, 0.15) is 11.7 Å². The molecule has 2 heterocycles. The molecule has 0 aliphatic rings. The number of sulfonamides is 1. The molecule has 0 saturated carbocycles. The molecule has 3 aromatic rings. The Kier molecular flexibility index (Phi) is 5.18. The lowest BCUT2D eigenvalue weighted by molar-refractivity contribution is -0.140. The third kappa shape index (κ3) is 4.45. The Labute approximate surface area is 164 Å². The minimum atomic E-state index is -4.64. The van der Waals surface area contributed by atoms with Gasteiger partial charge in [-0.25, -0.2) is 4.98 Å². The molecular formula is C18H16F3N5O2S. The van der Waals surface area contributed by atoms with Crippen molar-refractivity contribution in [2.45, 2.75) is 24.9 Å². The molecule has 2 N–H and O–H groups in total. The van der Waals surface area contributed by atoms with E-state index in [2.05, 4.69) is 14.4 Å². The van der Waals surface area contributed by atoms with E-state index in [0.29, 0.717) is 5.56 Å². The van der Waals surface area contributed by atoms with Crippen LogP contribution in [0.15, 0.2) is 58.2 Å². The lowest BCUT2D eigenvalue weighted by Crippen LogP contribution is -2.10. The molecule has 0 aliphatic heterocycles. The maximum atomic E-state index is 13.2. The smallest absolute Gasteiger partial charge is 0.387 e. The molecule has 11 heteroatoms. The van der Waals surface area contributed by atoms with E-state index in [1.165, 1.54) is 42.0 Å². The van der Waals surface area contributed by atoms with E-state index in [0.717, 1.165) is 11.8 Å². The molecule has 1 aromatic carbocycles. The van der Waals surface area contributed by atoms with Gasteiger partial charge < -0.3 is 5.73 Å². The highest BCUT2D eigenvalue weighted by Crippen LogP contribution is 2.32. The van der Waals surface area contributed by atoms with Crippen LogP contribution < -0.4 is 5.73 Å². The molecule has 7 nitrogen and oxygen atoms in total. The standard InChI is InChI=1S/C18H16F3N5O2S/c1-11-7-13(9-23-8-11)17-24-16(18(19,20)21)10-26(17)14-3-5-15(6-4-14)29(27,28)25-12(2)22/h3-10H,1-2H3,(H2,22,25). The summed E-state index contributed by atoms with van der Waals surface area (Å²) in [4.78, 5) is 7.58. The second kappa shape index (κ2) is 7.32. The molecule has 0 bridgehead atoms. The highest BCUT2D eigenvalue weighted by molar-refractivity contribution is 7.90. The first-order chi connectivity index (χ1) is 13.5. The van der Waals surface area contributed by atoms with Crippen LogP contribution in [-0.2, 0) is 16.2 Å². The number of nitrogens with two attached hydrogens (primary N) is 1. The average Bonchev–Trinajstić information content (AvgIpc) is 3.06. The van der Waals surface area contributed by atoms with E-state index in [-0.39, 0.29) is 22.2 Å². The number of alkyl halides is 3. The molecule has 0 fully saturated rings. The Hall–Kier alpha value is -3.21. The number of aryl methyl sites for hydroxylation is 1. The molecule has 3 rings (SSSR count). The van der Waals surface area contributed by atoms with Crippen LogP contribution in [-0.4, -0.2) is 28.8 Å². The number of imidazole rings is 1. The summed E-state index contributed by atoms with van der Waals surface area (Å²) in [6.07, 6.45) is -0.818. The Balaban J connectivity index is 2.13. The monoisotopic (exact) mass is 423 g/mol. The first kappa shape index (κ1) is 20.5. The average molecular weight is 423 g/mol. The Bertz CT molecular complexity index is 1180. The fourth-order valence-corrected chi connectivity index (χ4v) is 3.58. The molecular weight excluding hydrogens is 407 g/mol. The predicted octanol–water partition coefficient (Wildman–Crippen LogP) is 3.33. The Morgan fingerprint density at radius 3 is 2.38 bits per heavy atom. The van der Waals surface area contributed by atoms with Crippen molar-refractivity contribution >= 4 is 15.9 Å². The Morgan fingerprint density at radius 1 is 1.17 bits per heavy atom. The van der Waals surface area contributed by atoms with E-state index >= 15 is 0 Å². The molecule has 0 unspecified atom stereocenters. The van der Waals surface area contributed by atoms with Crippen molar-refractivity contribution in [3.05, 3.63) is 60.2 Å². The molecule has 2 aromatic heterocycles. The second-order valence-corrected chi connectivity index (χ2v) is 7.87. The van der Waals surface area contributed by atoms with Crippen LogP contribution in [0.2, 0.25) is 0 Å². The number of aromatic nitrogens is 3. The Morgan fingerprint density at radius 2 is 1.83 bits per heavy atom. The quantitative estimate of drug-likeness (QED) is 0.512. The zero-order chi connectivity index (χ0) is 21.4. The number of amidine groups is 1. The van der Waals surface area contributed by atoms with Crippen LogP contribution in [0.4, 0.5) is 13.2 Å². The van der Waals surface area contributed by atoms with Crippen molar-refractivity contribution in [1.29, 1.82) is 0 Å². The molecule has 152 valence electrons. The summed E-state index contributed by atoms with van der Waals surface area (Å²) < 4.78 is 68.5. The SMILES string of the molecule is CC(N)=NS(=O)(=O)c1ccc(-n2cc(C(F)(F)F)nc2-c2cncc(C)c2)cc1. The van der Waals surface area contributed by atoms with E-state index < -0.39 is 21.9 Å². The van der Waals surface area contributed by atoms with Crippen molar-refractivity contribution in [1.82, 2.24) is 14.5 Å². The largest absolute Gasteiger partial charge is 0.434 e. The van der Waals surface area contributed by atoms with Gasteiger partial charge >= 0.3 is 6.18 Å². The molecule has 0 amide bonds. The van der Waals surface area contributed by atoms with Crippen molar-refractivity contribution in [3.8, 4) is 17.1 Å². The van der Waals surface area contributed by atoms with Crippen LogP contribution in [0.1, 0.15) is 18.2 Å². The summed E-state index contributed by atoms with van der Waals surface area (Å²) in [6.45, 7) is 3.09. The van der Waals surface area contributed by atoms with Crippen molar-refractivity contribution in [2.24, 2.45) is 10.1 Å². The fraction of sp³-hybridized carbons (Fsp3) is 0.167. The van der Waals surface area contributed by atoms with E-state index in [4.69, 9.17) is 5.73 Å². The summed E-state index contributed by atoms with van der Waals surface area (Å²) in [5.41, 5.74) is 5.68. The number of halogens is 3. The van der Waals surface area contributed by atoms with Crippen molar-refractivity contribution in [2.75, 3.05) is 0 Å². The molecule has 0 atom stereocenters. The van der Waals surface area contributed by atoms with Crippen LogP contribution >= 0.6 is 0 Å². The summed E-state index contributed by atoms with van der Waals surface area (Å²) in [5.74, 6) is -0.104. The highest BCUT2D eigenvalue weighted by Gasteiger charge is 2.35.